The maximum Gasteiger partial charge on any atom is 0.306 e. The Morgan fingerprint density at radius 1 is 0.806 bits per heavy atom. The highest BCUT2D eigenvalue weighted by molar-refractivity contribution is 7.99. The number of hydrogen-bond acceptors (Lipinski definition) is 6. The molecule has 1 aromatic rings. The first kappa shape index (κ1) is 27.0. The molecule has 0 spiro atoms. The van der Waals surface area contributed by atoms with Crippen molar-refractivity contribution >= 4 is 29.5 Å². The third-order valence-corrected chi connectivity index (χ3v) is 8.47. The van der Waals surface area contributed by atoms with Gasteiger partial charge in [-0.2, -0.15) is 11.8 Å². The zero-order valence-electron chi connectivity index (χ0n) is 21.2. The van der Waals surface area contributed by atoms with Crippen LogP contribution in [-0.4, -0.2) is 64.1 Å². The smallest absolute Gasteiger partial charge is 0.306 e. The predicted octanol–water partition coefficient (Wildman–Crippen LogP) is 4.60. The second-order valence-electron chi connectivity index (χ2n) is 10.0. The van der Waals surface area contributed by atoms with E-state index in [4.69, 9.17) is 9.47 Å². The Balaban J connectivity index is 0.912. The fraction of sp³-hybridized carbons (Fsp3) is 0.679. The third kappa shape index (κ3) is 7.25. The summed E-state index contributed by atoms with van der Waals surface area (Å²) >= 11 is 1.79. The van der Waals surface area contributed by atoms with E-state index in [1.807, 2.05) is 12.2 Å². The van der Waals surface area contributed by atoms with Gasteiger partial charge in [0.1, 0.15) is 6.61 Å². The van der Waals surface area contributed by atoms with Crippen molar-refractivity contribution in [1.82, 2.24) is 9.47 Å². The van der Waals surface area contributed by atoms with Crippen LogP contribution in [0.3, 0.4) is 0 Å². The molecule has 2 amide bonds. The monoisotopic (exact) mass is 516 g/mol. The first-order chi connectivity index (χ1) is 17.6. The second kappa shape index (κ2) is 14.0. The molecule has 2 unspecified atom stereocenters. The maximum atomic E-state index is 12.6. The summed E-state index contributed by atoms with van der Waals surface area (Å²) in [7, 11) is 0. The molecule has 0 aromatic carbocycles. The minimum atomic E-state index is -0.398. The minimum absolute atomic E-state index is 0.0666. The van der Waals surface area contributed by atoms with E-state index in [0.29, 0.717) is 6.42 Å². The lowest BCUT2D eigenvalue weighted by atomic mass is 9.85. The number of aromatic nitrogens is 1. The maximum absolute atomic E-state index is 12.6. The lowest BCUT2D eigenvalue weighted by Crippen LogP contribution is -2.37. The van der Waals surface area contributed by atoms with Crippen molar-refractivity contribution < 1.29 is 23.9 Å². The summed E-state index contributed by atoms with van der Waals surface area (Å²) in [5, 5.41) is 0. The number of imide groups is 1. The fourth-order valence-corrected chi connectivity index (χ4v) is 6.34. The van der Waals surface area contributed by atoms with Gasteiger partial charge in [0.2, 0.25) is 11.8 Å². The molecule has 3 aliphatic heterocycles. The summed E-state index contributed by atoms with van der Waals surface area (Å²) in [6.07, 6.45) is 19.5. The van der Waals surface area contributed by atoms with Gasteiger partial charge in [-0.3, -0.25) is 19.3 Å². The van der Waals surface area contributed by atoms with Crippen molar-refractivity contribution in [2.45, 2.75) is 83.0 Å². The van der Waals surface area contributed by atoms with Crippen LogP contribution in [0.2, 0.25) is 0 Å². The van der Waals surface area contributed by atoms with Gasteiger partial charge in [-0.1, -0.05) is 57.1 Å². The van der Waals surface area contributed by atoms with Gasteiger partial charge in [0.25, 0.3) is 0 Å². The molecule has 4 atom stereocenters. The van der Waals surface area contributed by atoms with Gasteiger partial charge in [-0.25, -0.2) is 0 Å². The Labute approximate surface area is 218 Å². The lowest BCUT2D eigenvalue weighted by Gasteiger charge is -2.17. The zero-order valence-corrected chi connectivity index (χ0v) is 22.0. The van der Waals surface area contributed by atoms with E-state index in [-0.39, 0.29) is 43.1 Å². The number of amides is 2. The molecule has 36 heavy (non-hydrogen) atoms. The molecule has 0 saturated carbocycles. The average molecular weight is 517 g/mol. The number of fused-ring (bicyclic) bond motifs is 5. The van der Waals surface area contributed by atoms with Crippen LogP contribution in [-0.2, 0) is 30.4 Å². The van der Waals surface area contributed by atoms with Crippen LogP contribution in [0.25, 0.3) is 0 Å². The molecule has 198 valence electrons. The minimum Gasteiger partial charge on any atom is -0.464 e. The lowest BCUT2D eigenvalue weighted by molar-refractivity contribution is -0.149. The van der Waals surface area contributed by atoms with E-state index in [2.05, 4.69) is 29.1 Å². The number of unbranched alkanes of at least 4 members (excludes halogenated alkanes) is 8. The molecule has 2 saturated heterocycles. The Bertz CT molecular complexity index is 857. The van der Waals surface area contributed by atoms with Crippen LogP contribution in [0, 0.1) is 11.8 Å². The Kier molecular flexibility index (Phi) is 10.5. The second-order valence-corrected chi connectivity index (χ2v) is 11.2. The Morgan fingerprint density at radius 3 is 2.03 bits per heavy atom. The summed E-state index contributed by atoms with van der Waals surface area (Å²) < 4.78 is 13.2. The van der Waals surface area contributed by atoms with Crippen molar-refractivity contribution in [3.63, 3.8) is 0 Å². The van der Waals surface area contributed by atoms with Crippen molar-refractivity contribution in [2.75, 3.05) is 24.7 Å². The van der Waals surface area contributed by atoms with E-state index >= 15 is 0 Å². The predicted molar refractivity (Wildman–Crippen MR) is 140 cm³/mol. The number of rotatable bonds is 18. The van der Waals surface area contributed by atoms with E-state index in [1.54, 1.807) is 11.8 Å². The summed E-state index contributed by atoms with van der Waals surface area (Å²) in [6, 6.07) is 4.17. The van der Waals surface area contributed by atoms with Gasteiger partial charge in [0.15, 0.2) is 0 Å². The SMILES string of the molecule is O=C(CCSCCCCCCCCCCCn1cccc1)OCCN1C(=O)[C@@H]2C3C=CC(O3)[C@@H]2C1=O. The molecular formula is C28H40N2O5S. The van der Waals surface area contributed by atoms with E-state index in [1.165, 1.54) is 62.7 Å². The number of carbonyl (C=O) groups excluding carboxylic acids is 3. The third-order valence-electron chi connectivity index (χ3n) is 7.40. The van der Waals surface area contributed by atoms with Crippen LogP contribution >= 0.6 is 11.8 Å². The molecule has 4 heterocycles. The summed E-state index contributed by atoms with van der Waals surface area (Å²) in [4.78, 5) is 38.4. The number of likely N-dealkylation sites (tertiary alicyclic amines) is 1. The van der Waals surface area contributed by atoms with Crippen LogP contribution in [0.15, 0.2) is 36.7 Å². The molecule has 4 rings (SSSR count). The van der Waals surface area contributed by atoms with E-state index < -0.39 is 11.8 Å². The van der Waals surface area contributed by atoms with Crippen LogP contribution < -0.4 is 0 Å². The summed E-state index contributed by atoms with van der Waals surface area (Å²) in [5.74, 6) is 0.370. The largest absolute Gasteiger partial charge is 0.464 e. The summed E-state index contributed by atoms with van der Waals surface area (Å²) in [5.41, 5.74) is 0. The van der Waals surface area contributed by atoms with Crippen molar-refractivity contribution in [2.24, 2.45) is 11.8 Å². The van der Waals surface area contributed by atoms with Gasteiger partial charge in [0, 0.05) is 24.7 Å². The standard InChI is InChI=1S/C28H40N2O5S/c31-24(34-19-18-30-27(32)25-22-12-13-23(35-22)26(25)28(30)33)14-21-36-20-11-7-5-3-1-2-4-6-8-15-29-16-9-10-17-29/h9-10,12-13,16-17,22-23,25-26H,1-8,11,14-15,18-21H2/t22?,23?,25-,26+. The Morgan fingerprint density at radius 2 is 1.39 bits per heavy atom. The first-order valence-electron chi connectivity index (χ1n) is 13.7. The van der Waals surface area contributed by atoms with Gasteiger partial charge in [-0.05, 0) is 30.7 Å². The number of esters is 1. The summed E-state index contributed by atoms with van der Waals surface area (Å²) in [6.45, 7) is 1.34. The number of nitrogens with zero attached hydrogens (tertiary/aromatic N) is 2. The van der Waals surface area contributed by atoms with Gasteiger partial charge in [0.05, 0.1) is 37.0 Å². The number of aryl methyl sites for hydroxylation is 1. The highest BCUT2D eigenvalue weighted by Crippen LogP contribution is 2.44. The number of ether oxygens (including phenoxy) is 2. The molecular weight excluding hydrogens is 476 g/mol. The number of carbonyl (C=O) groups is 3. The normalized spacial score (nSPS) is 24.2. The zero-order chi connectivity index (χ0) is 25.2. The molecule has 0 radical (unpaired) electrons. The Hall–Kier alpha value is -2.06. The number of thioether (sulfide) groups is 1. The van der Waals surface area contributed by atoms with Gasteiger partial charge < -0.3 is 14.0 Å². The molecule has 2 bridgehead atoms. The van der Waals surface area contributed by atoms with Crippen molar-refractivity contribution in [3.05, 3.63) is 36.7 Å². The molecule has 1 aromatic heterocycles. The first-order valence-corrected chi connectivity index (χ1v) is 14.8. The van der Waals surface area contributed by atoms with Gasteiger partial charge in [-0.15, -0.1) is 0 Å². The molecule has 0 N–H and O–H groups in total. The molecule has 0 aliphatic carbocycles. The topological polar surface area (TPSA) is 77.8 Å². The van der Waals surface area contributed by atoms with Crippen LogP contribution in [0.5, 0.6) is 0 Å². The molecule has 7 nitrogen and oxygen atoms in total. The van der Waals surface area contributed by atoms with Crippen molar-refractivity contribution in [1.29, 1.82) is 0 Å². The van der Waals surface area contributed by atoms with E-state index in [0.717, 1.165) is 18.1 Å². The van der Waals surface area contributed by atoms with Crippen molar-refractivity contribution in [3.8, 4) is 0 Å². The molecule has 3 aliphatic rings. The number of hydrogen-bond donors (Lipinski definition) is 0. The van der Waals surface area contributed by atoms with E-state index in [9.17, 15) is 14.4 Å². The highest BCUT2D eigenvalue weighted by atomic mass is 32.2. The average Bonchev–Trinajstić information content (AvgIpc) is 3.67. The molecule has 8 heteroatoms. The van der Waals surface area contributed by atoms with Gasteiger partial charge >= 0.3 is 5.97 Å². The van der Waals surface area contributed by atoms with Crippen LogP contribution in [0.1, 0.15) is 64.2 Å². The molecule has 2 fully saturated rings. The fourth-order valence-electron chi connectivity index (χ4n) is 5.42. The quantitative estimate of drug-likeness (QED) is 0.123. The van der Waals surface area contributed by atoms with Crippen LogP contribution in [0.4, 0.5) is 0 Å². The highest BCUT2D eigenvalue weighted by Gasteiger charge is 2.60.